The maximum atomic E-state index is 12.3. The maximum absolute atomic E-state index is 12.3. The van der Waals surface area contributed by atoms with Crippen molar-refractivity contribution in [1.29, 1.82) is 0 Å². The summed E-state index contributed by atoms with van der Waals surface area (Å²) in [7, 11) is 0. The third-order valence-corrected chi connectivity index (χ3v) is 6.80. The van der Waals surface area contributed by atoms with Crippen LogP contribution >= 0.6 is 11.8 Å². The quantitative estimate of drug-likeness (QED) is 0.666. The van der Waals surface area contributed by atoms with Gasteiger partial charge in [0.1, 0.15) is 0 Å². The van der Waals surface area contributed by atoms with Gasteiger partial charge < -0.3 is 5.32 Å². The molecule has 0 saturated heterocycles. The largest absolute Gasteiger partial charge is 0.353 e. The number of fused-ring (bicyclic) bond motifs is 5. The Morgan fingerprint density at radius 2 is 1.78 bits per heavy atom. The molecule has 1 heterocycles. The molecule has 23 heavy (non-hydrogen) atoms. The molecular formula is C18H25N3OS. The second-order valence-electron chi connectivity index (χ2n) is 7.44. The zero-order valence-corrected chi connectivity index (χ0v) is 14.9. The van der Waals surface area contributed by atoms with Crippen molar-refractivity contribution >= 4 is 17.7 Å². The minimum absolute atomic E-state index is 0.205. The van der Waals surface area contributed by atoms with E-state index >= 15 is 0 Å². The summed E-state index contributed by atoms with van der Waals surface area (Å²) in [6.45, 7) is 4.04. The lowest BCUT2D eigenvalue weighted by Gasteiger charge is -2.12. The van der Waals surface area contributed by atoms with Gasteiger partial charge >= 0.3 is 0 Å². The fourth-order valence-electron chi connectivity index (χ4n) is 5.18. The van der Waals surface area contributed by atoms with Crippen molar-refractivity contribution in [2.75, 3.05) is 6.26 Å². The molecule has 1 aromatic rings. The highest BCUT2D eigenvalue weighted by molar-refractivity contribution is 7.98. The number of thioether (sulfide) groups is 1. The van der Waals surface area contributed by atoms with E-state index in [9.17, 15) is 4.79 Å². The van der Waals surface area contributed by atoms with E-state index in [0.29, 0.717) is 12.5 Å². The van der Waals surface area contributed by atoms with E-state index in [1.54, 1.807) is 11.8 Å². The molecule has 3 fully saturated rings. The Kier molecular flexibility index (Phi) is 3.87. The number of carbonyl (C=O) groups is 1. The lowest BCUT2D eigenvalue weighted by Crippen LogP contribution is -2.30. The third kappa shape index (κ3) is 2.67. The number of rotatable bonds is 5. The van der Waals surface area contributed by atoms with E-state index in [0.717, 1.165) is 52.2 Å². The molecule has 0 spiro atoms. The Hall–Kier alpha value is -1.10. The zero-order valence-electron chi connectivity index (χ0n) is 14.1. The van der Waals surface area contributed by atoms with Gasteiger partial charge in [-0.3, -0.25) is 4.79 Å². The van der Waals surface area contributed by atoms with E-state index in [1.165, 1.54) is 19.3 Å². The second-order valence-corrected chi connectivity index (χ2v) is 8.21. The highest BCUT2D eigenvalue weighted by atomic mass is 32.2. The molecule has 1 N–H and O–H groups in total. The molecule has 5 heteroatoms. The van der Waals surface area contributed by atoms with Gasteiger partial charge in [0, 0.05) is 23.9 Å². The van der Waals surface area contributed by atoms with Gasteiger partial charge in [0.2, 0.25) is 5.91 Å². The van der Waals surface area contributed by atoms with E-state index in [4.69, 9.17) is 0 Å². The normalized spacial score (nSPS) is 33.6. The number of hydrogen-bond acceptors (Lipinski definition) is 4. The number of nitrogens with one attached hydrogen (secondary N) is 1. The van der Waals surface area contributed by atoms with Crippen LogP contribution in [-0.2, 0) is 11.2 Å². The molecule has 124 valence electrons. The predicted octanol–water partition coefficient (Wildman–Crippen LogP) is 2.91. The van der Waals surface area contributed by atoms with Crippen molar-refractivity contribution in [2.45, 2.75) is 57.1 Å². The number of nitrogens with zero attached hydrogens (tertiary/aromatic N) is 2. The first kappa shape index (κ1) is 15.4. The second kappa shape index (κ2) is 5.76. The van der Waals surface area contributed by atoms with Gasteiger partial charge in [0.15, 0.2) is 5.16 Å². The predicted molar refractivity (Wildman–Crippen MR) is 91.3 cm³/mol. The molecule has 0 radical (unpaired) electrons. The molecule has 5 atom stereocenters. The van der Waals surface area contributed by atoms with Gasteiger partial charge in [-0.1, -0.05) is 11.8 Å². The molecule has 1 aromatic heterocycles. The zero-order chi connectivity index (χ0) is 16.1. The lowest BCUT2D eigenvalue weighted by atomic mass is 10.0. The Labute approximate surface area is 142 Å². The van der Waals surface area contributed by atoms with Crippen LogP contribution in [0.15, 0.2) is 5.16 Å². The Morgan fingerprint density at radius 3 is 2.35 bits per heavy atom. The van der Waals surface area contributed by atoms with Crippen LogP contribution in [0.2, 0.25) is 0 Å². The van der Waals surface area contributed by atoms with Crippen molar-refractivity contribution in [2.24, 2.45) is 23.7 Å². The molecule has 2 bridgehead atoms. The van der Waals surface area contributed by atoms with E-state index in [2.05, 4.69) is 15.3 Å². The summed E-state index contributed by atoms with van der Waals surface area (Å²) < 4.78 is 0. The van der Waals surface area contributed by atoms with Gasteiger partial charge in [-0.2, -0.15) is 0 Å². The molecule has 4 rings (SSSR count). The van der Waals surface area contributed by atoms with Gasteiger partial charge in [-0.05, 0) is 75.0 Å². The van der Waals surface area contributed by atoms with E-state index in [-0.39, 0.29) is 5.91 Å². The number of amides is 1. The Bertz CT molecular complexity index is 608. The van der Waals surface area contributed by atoms with Gasteiger partial charge in [0.05, 0.1) is 0 Å². The summed E-state index contributed by atoms with van der Waals surface area (Å²) in [6, 6.07) is 0.492. The number of aryl methyl sites for hydroxylation is 2. The molecule has 0 aliphatic heterocycles. The summed E-state index contributed by atoms with van der Waals surface area (Å²) in [5.41, 5.74) is 3.15. The Balaban J connectivity index is 1.32. The van der Waals surface area contributed by atoms with Crippen molar-refractivity contribution in [3.8, 4) is 0 Å². The fourth-order valence-corrected chi connectivity index (χ4v) is 5.63. The van der Waals surface area contributed by atoms with Crippen LogP contribution in [0.3, 0.4) is 0 Å². The molecule has 3 aliphatic rings. The van der Waals surface area contributed by atoms with Crippen molar-refractivity contribution < 1.29 is 4.79 Å². The van der Waals surface area contributed by atoms with Crippen LogP contribution in [0.1, 0.15) is 42.6 Å². The number of hydrogen-bond donors (Lipinski definition) is 1. The van der Waals surface area contributed by atoms with Crippen molar-refractivity contribution in [1.82, 2.24) is 15.3 Å². The Morgan fingerprint density at radius 1 is 1.17 bits per heavy atom. The highest BCUT2D eigenvalue weighted by Gasteiger charge is 2.65. The maximum Gasteiger partial charge on any atom is 0.220 e. The van der Waals surface area contributed by atoms with Crippen molar-refractivity contribution in [3.05, 3.63) is 17.0 Å². The molecule has 4 nitrogen and oxygen atoms in total. The van der Waals surface area contributed by atoms with Crippen LogP contribution in [0.4, 0.5) is 0 Å². The third-order valence-electron chi connectivity index (χ3n) is 6.25. The van der Waals surface area contributed by atoms with Gasteiger partial charge in [0.25, 0.3) is 0 Å². The van der Waals surface area contributed by atoms with Crippen LogP contribution in [0.5, 0.6) is 0 Å². The minimum Gasteiger partial charge on any atom is -0.353 e. The van der Waals surface area contributed by atoms with E-state index in [1.807, 2.05) is 20.1 Å². The minimum atomic E-state index is 0.205. The topological polar surface area (TPSA) is 54.9 Å². The average Bonchev–Trinajstić information content (AvgIpc) is 2.91. The molecule has 3 saturated carbocycles. The van der Waals surface area contributed by atoms with Crippen LogP contribution in [0.25, 0.3) is 0 Å². The van der Waals surface area contributed by atoms with Crippen LogP contribution < -0.4 is 5.32 Å². The summed E-state index contributed by atoms with van der Waals surface area (Å²) in [6.07, 6.45) is 7.51. The standard InChI is InChI=1S/C18H25N3OS/c1-9-13(10(2)20-18(19-9)23-3)6-7-14(22)21-17-15-11-4-5-12(8-11)16(15)17/h11-12,15-17H,4-8H2,1-3H3,(H,21,22)/t11-,12-,15-,16+,17?/m0/s1. The smallest absolute Gasteiger partial charge is 0.220 e. The number of aromatic nitrogens is 2. The summed E-state index contributed by atoms with van der Waals surface area (Å²) in [4.78, 5) is 21.3. The average molecular weight is 331 g/mol. The fraction of sp³-hybridized carbons (Fsp3) is 0.722. The molecule has 0 aromatic carbocycles. The first-order valence-electron chi connectivity index (χ1n) is 8.76. The highest BCUT2D eigenvalue weighted by Crippen LogP contribution is 2.65. The van der Waals surface area contributed by atoms with Crippen molar-refractivity contribution in [3.63, 3.8) is 0 Å². The number of carbonyl (C=O) groups excluding carboxylic acids is 1. The first-order valence-corrected chi connectivity index (χ1v) is 9.98. The summed E-state index contributed by atoms with van der Waals surface area (Å²) in [5.74, 6) is 3.65. The molecule has 1 unspecified atom stereocenters. The molecular weight excluding hydrogens is 306 g/mol. The monoisotopic (exact) mass is 331 g/mol. The van der Waals surface area contributed by atoms with E-state index < -0.39 is 0 Å². The van der Waals surface area contributed by atoms with Gasteiger partial charge in [-0.25, -0.2) is 9.97 Å². The summed E-state index contributed by atoms with van der Waals surface area (Å²) in [5, 5.41) is 4.12. The SMILES string of the molecule is CSc1nc(C)c(CCC(=O)NC2[C@@H]3[C@H]4CC[C@@H](C4)[C@H]23)c(C)n1. The van der Waals surface area contributed by atoms with Gasteiger partial charge in [-0.15, -0.1) is 0 Å². The molecule has 1 amide bonds. The first-order chi connectivity index (χ1) is 11.1. The lowest BCUT2D eigenvalue weighted by molar-refractivity contribution is -0.121. The molecule has 3 aliphatic carbocycles. The van der Waals surface area contributed by atoms with Crippen LogP contribution in [0, 0.1) is 37.5 Å². The summed E-state index contributed by atoms with van der Waals surface area (Å²) >= 11 is 1.56. The van der Waals surface area contributed by atoms with Crippen LogP contribution in [-0.4, -0.2) is 28.2 Å².